The van der Waals surface area contributed by atoms with Gasteiger partial charge >= 0.3 is 12.0 Å². The molecular weight excluding hydrogens is 853 g/mol. The number of rotatable bonds is 9. The summed E-state index contributed by atoms with van der Waals surface area (Å²) in [6.07, 6.45) is 4.22. The smallest absolute Gasteiger partial charge is 0.328 e. The van der Waals surface area contributed by atoms with Gasteiger partial charge < -0.3 is 29.2 Å². The Hall–Kier alpha value is -6.39. The molecule has 354 valence electrons. The molecule has 3 fully saturated rings. The summed E-state index contributed by atoms with van der Waals surface area (Å²) < 4.78 is 14.2. The molecule has 2 N–H and O–H groups in total. The Morgan fingerprint density at radius 2 is 1.79 bits per heavy atom. The lowest BCUT2D eigenvalue weighted by molar-refractivity contribution is -0.155. The average molecular weight is 915 g/mol. The van der Waals surface area contributed by atoms with E-state index >= 15 is 0 Å². The minimum Gasteiger partial charge on any atom is -0.464 e. The molecular formula is C51H62N8O8. The van der Waals surface area contributed by atoms with Gasteiger partial charge in [0.2, 0.25) is 11.8 Å². The number of ether oxygens (including phenoxy) is 2. The van der Waals surface area contributed by atoms with Crippen LogP contribution in [0.25, 0.3) is 33.3 Å². The molecule has 1 spiro atoms. The van der Waals surface area contributed by atoms with Crippen LogP contribution >= 0.6 is 0 Å². The number of fused-ring (bicyclic) bond motifs is 6. The highest BCUT2D eigenvalue weighted by molar-refractivity contribution is 6.12. The Bertz CT molecular complexity index is 2650. The highest BCUT2D eigenvalue weighted by Gasteiger charge is 2.65. The van der Waals surface area contributed by atoms with Gasteiger partial charge in [-0.1, -0.05) is 64.6 Å². The quantitative estimate of drug-likeness (QED) is 0.125. The zero-order valence-electron chi connectivity index (χ0n) is 39.8. The summed E-state index contributed by atoms with van der Waals surface area (Å²) >= 11 is 0. The molecule has 8 rings (SSSR count). The number of imide groups is 1. The lowest BCUT2D eigenvalue weighted by atomic mass is 9.84. The minimum atomic E-state index is -1.31. The van der Waals surface area contributed by atoms with E-state index in [9.17, 15) is 28.8 Å². The van der Waals surface area contributed by atoms with Crippen LogP contribution < -0.4 is 10.7 Å². The van der Waals surface area contributed by atoms with Gasteiger partial charge in [0.1, 0.15) is 18.1 Å². The van der Waals surface area contributed by atoms with Crippen LogP contribution in [0.15, 0.2) is 73.4 Å². The van der Waals surface area contributed by atoms with E-state index in [1.54, 1.807) is 27.2 Å². The van der Waals surface area contributed by atoms with Crippen LogP contribution in [0.3, 0.4) is 0 Å². The van der Waals surface area contributed by atoms with Crippen molar-refractivity contribution in [2.24, 2.45) is 11.3 Å². The van der Waals surface area contributed by atoms with Crippen molar-refractivity contribution in [2.45, 2.75) is 104 Å². The highest BCUT2D eigenvalue weighted by atomic mass is 16.5. The molecule has 4 aliphatic rings. The van der Waals surface area contributed by atoms with Crippen LogP contribution in [-0.2, 0) is 52.8 Å². The summed E-state index contributed by atoms with van der Waals surface area (Å²) in [5.41, 5.74) is 8.82. The third-order valence-corrected chi connectivity index (χ3v) is 14.0. The van der Waals surface area contributed by atoms with Gasteiger partial charge in [-0.05, 0) is 91.6 Å². The number of benzene rings is 2. The van der Waals surface area contributed by atoms with E-state index in [0.717, 1.165) is 61.1 Å². The summed E-state index contributed by atoms with van der Waals surface area (Å²) in [6, 6.07) is 14.4. The number of likely N-dealkylation sites (N-methyl/N-ethyl adjacent to an activating group) is 1. The normalized spacial score (nSPS) is 21.6. The maximum atomic E-state index is 14.8. The fourth-order valence-electron chi connectivity index (χ4n) is 10.2. The molecule has 0 unspecified atom stereocenters. The number of cyclic esters (lactones) is 1. The zero-order chi connectivity index (χ0) is 48.1. The van der Waals surface area contributed by atoms with Gasteiger partial charge in [-0.15, -0.1) is 0 Å². The van der Waals surface area contributed by atoms with Crippen LogP contribution in [-0.4, -0.2) is 129 Å². The number of aryl methyl sites for hydroxylation is 1. The largest absolute Gasteiger partial charge is 0.464 e. The molecule has 2 aromatic carbocycles. The number of hydrazine groups is 1. The van der Waals surface area contributed by atoms with Crippen molar-refractivity contribution in [1.82, 2.24) is 40.0 Å². The Morgan fingerprint density at radius 1 is 1.04 bits per heavy atom. The summed E-state index contributed by atoms with van der Waals surface area (Å²) in [4.78, 5) is 92.4. The standard InChI is InChI=1S/C51H62N8O8/c1-10-41(60)56-27-51(28-56)48(64)59(49(65)55(51)8)43(30(3)4)45(61)53-39-24-32-15-12-16-33(23-32)34-19-20-40-36(25-34)37(44(57(40)11-2)35-17-13-21-52-42(35)31(5)66-9)26-50(6,7)29-67-47(63)38-18-14-22-58(54-38)46(39)62/h10,12-13,15-17,19-21,23,25,30-31,38-39,43,54H,1,11,14,18,22,24,26-29H2,2-9H3,(H,53,61)/t31-,38-,39-,43-/m0/s1. The van der Waals surface area contributed by atoms with Gasteiger partial charge in [-0.25, -0.2) is 15.1 Å². The summed E-state index contributed by atoms with van der Waals surface area (Å²) in [7, 11) is 3.17. The number of methoxy groups -OCH3 is 1. The maximum Gasteiger partial charge on any atom is 0.328 e. The number of nitrogens with one attached hydrogen (secondary N) is 2. The van der Waals surface area contributed by atoms with Crippen molar-refractivity contribution in [2.75, 3.05) is 40.4 Å². The first-order valence-corrected chi connectivity index (χ1v) is 23.2. The Morgan fingerprint density at radius 3 is 2.49 bits per heavy atom. The molecule has 6 heterocycles. The monoisotopic (exact) mass is 914 g/mol. The second kappa shape index (κ2) is 18.4. The van der Waals surface area contributed by atoms with Crippen molar-refractivity contribution < 1.29 is 38.2 Å². The lowest BCUT2D eigenvalue weighted by Gasteiger charge is -2.48. The second-order valence-electron chi connectivity index (χ2n) is 19.5. The van der Waals surface area contributed by atoms with Crippen LogP contribution in [0, 0.1) is 11.3 Å². The number of amides is 6. The number of hydrogen-bond donors (Lipinski definition) is 2. The summed E-state index contributed by atoms with van der Waals surface area (Å²) in [6.45, 7) is 16.3. The number of hydrogen-bond acceptors (Lipinski definition) is 10. The SMILES string of the molecule is C=CC(=O)N1CC2(C1)C(=O)N([C@H](C(=O)N[C@H]1Cc3cccc(c3)-c3ccc4c(c3)c(c(-c3cccnc3[C@H](C)OC)n4CC)CC(C)(C)COC(=O)[C@@H]3CCCN(N3)C1=O)C(C)C)C(=O)N2C. The number of nitrogens with zero attached hydrogens (tertiary/aromatic N) is 6. The van der Waals surface area contributed by atoms with E-state index in [2.05, 4.69) is 66.9 Å². The fraction of sp³-hybridized carbons (Fsp3) is 0.471. The van der Waals surface area contributed by atoms with E-state index in [1.165, 1.54) is 21.9 Å². The topological polar surface area (TPSA) is 176 Å². The van der Waals surface area contributed by atoms with Crippen molar-refractivity contribution in [1.29, 1.82) is 0 Å². The summed E-state index contributed by atoms with van der Waals surface area (Å²) in [5, 5.41) is 5.38. The Kier molecular flexibility index (Phi) is 12.9. The molecule has 0 saturated carbocycles. The first kappa shape index (κ1) is 47.1. The number of aromatic nitrogens is 2. The van der Waals surface area contributed by atoms with Gasteiger partial charge in [0.05, 0.1) is 37.2 Å². The number of carbonyl (C=O) groups excluding carboxylic acids is 6. The second-order valence-corrected chi connectivity index (χ2v) is 19.5. The predicted octanol–water partition coefficient (Wildman–Crippen LogP) is 5.43. The molecule has 0 aliphatic carbocycles. The number of esters is 1. The third-order valence-electron chi connectivity index (χ3n) is 14.0. The molecule has 4 aliphatic heterocycles. The van der Waals surface area contributed by atoms with E-state index < -0.39 is 64.7 Å². The molecule has 4 atom stereocenters. The van der Waals surface area contributed by atoms with Crippen LogP contribution in [0.4, 0.5) is 4.79 Å². The Labute approximate surface area is 391 Å². The molecule has 3 saturated heterocycles. The van der Waals surface area contributed by atoms with E-state index in [-0.39, 0.29) is 44.7 Å². The minimum absolute atomic E-state index is 0.0278. The predicted molar refractivity (Wildman–Crippen MR) is 252 cm³/mol. The number of pyridine rings is 1. The molecule has 16 nitrogen and oxygen atoms in total. The third kappa shape index (κ3) is 8.49. The first-order valence-electron chi connectivity index (χ1n) is 23.2. The van der Waals surface area contributed by atoms with Crippen LogP contribution in [0.2, 0.25) is 0 Å². The Balaban J connectivity index is 1.20. The molecule has 6 amide bonds. The number of urea groups is 1. The van der Waals surface area contributed by atoms with Crippen molar-refractivity contribution in [3.8, 4) is 22.4 Å². The fourth-order valence-corrected chi connectivity index (χ4v) is 10.2. The van der Waals surface area contributed by atoms with E-state index in [4.69, 9.17) is 14.5 Å². The highest BCUT2D eigenvalue weighted by Crippen LogP contribution is 2.42. The van der Waals surface area contributed by atoms with Gasteiger partial charge in [0, 0.05) is 61.7 Å². The number of carbonyl (C=O) groups is 6. The van der Waals surface area contributed by atoms with Gasteiger partial charge in [-0.2, -0.15) is 0 Å². The van der Waals surface area contributed by atoms with Gasteiger partial charge in [-0.3, -0.25) is 34.0 Å². The molecule has 6 bridgehead atoms. The lowest BCUT2D eigenvalue weighted by Crippen LogP contribution is -2.72. The first-order chi connectivity index (χ1) is 31.9. The van der Waals surface area contributed by atoms with Crippen molar-refractivity contribution in [3.05, 3.63) is 90.3 Å². The van der Waals surface area contributed by atoms with Crippen LogP contribution in [0.5, 0.6) is 0 Å². The maximum absolute atomic E-state index is 14.8. The van der Waals surface area contributed by atoms with Crippen molar-refractivity contribution >= 4 is 46.5 Å². The van der Waals surface area contributed by atoms with E-state index in [1.807, 2.05) is 37.3 Å². The number of likely N-dealkylation sites (tertiary alicyclic amines) is 1. The van der Waals surface area contributed by atoms with E-state index in [0.29, 0.717) is 25.8 Å². The molecule has 4 aromatic rings. The van der Waals surface area contributed by atoms with Gasteiger partial charge in [0.15, 0.2) is 5.54 Å². The van der Waals surface area contributed by atoms with Crippen LogP contribution in [0.1, 0.15) is 77.3 Å². The summed E-state index contributed by atoms with van der Waals surface area (Å²) in [5.74, 6) is -3.15. The molecule has 0 radical (unpaired) electrons. The molecule has 67 heavy (non-hydrogen) atoms. The van der Waals surface area contributed by atoms with Crippen molar-refractivity contribution in [3.63, 3.8) is 0 Å². The molecule has 2 aromatic heterocycles. The zero-order valence-corrected chi connectivity index (χ0v) is 39.8. The average Bonchev–Trinajstić information content (AvgIpc) is 3.71. The molecule has 16 heteroatoms. The van der Waals surface area contributed by atoms with Gasteiger partial charge in [0.25, 0.3) is 11.8 Å².